The van der Waals surface area contributed by atoms with Crippen LogP contribution in [0.2, 0.25) is 10.0 Å². The molecule has 16 nitrogen and oxygen atoms in total. The number of rotatable bonds is 10. The average Bonchev–Trinajstić information content (AvgIpc) is 3.43. The summed E-state index contributed by atoms with van der Waals surface area (Å²) in [5.74, 6) is -7.87. The molecule has 8 aromatic rings. The van der Waals surface area contributed by atoms with Crippen LogP contribution in [0.1, 0.15) is 5.56 Å². The molecule has 0 aliphatic carbocycles. The Balaban J connectivity index is 0.987. The Bertz CT molecular complexity index is 3600. The number of morpholine rings is 2. The molecule has 4 amide bonds. The molecule has 2 aliphatic heterocycles. The Morgan fingerprint density at radius 2 is 1.00 bits per heavy atom. The number of halogens is 10. The van der Waals surface area contributed by atoms with Crippen LogP contribution in [0.25, 0.3) is 22.1 Å². The number of ether oxygens (including phenoxy) is 4. The van der Waals surface area contributed by atoms with Crippen molar-refractivity contribution in [3.05, 3.63) is 154 Å². The average molecular weight is 1110 g/mol. The maximum atomic E-state index is 15.6. The first-order valence-electron chi connectivity index (χ1n) is 23.0. The first-order valence-corrected chi connectivity index (χ1v) is 23.8. The van der Waals surface area contributed by atoms with Gasteiger partial charge in [-0.25, -0.2) is 32.7 Å². The number of hydrogen-bond donors (Lipinski definition) is 2. The predicted octanol–water partition coefficient (Wildman–Crippen LogP) is 12.5. The monoisotopic (exact) mass is 1110 g/mol. The molecule has 4 heterocycles. The first kappa shape index (κ1) is 52.1. The van der Waals surface area contributed by atoms with Crippen LogP contribution >= 0.6 is 23.2 Å². The van der Waals surface area contributed by atoms with Crippen LogP contribution in [0.15, 0.2) is 109 Å². The topological polar surface area (TPSA) is 160 Å². The SMILES string of the molecule is O=C(Nc1cc(F)c(F)c(Oc2ccc3ncc(N4CCOCC4)nc3c2)c1)N(c1ccc(Cl)c(F)c1)N(C(=O)Nc1cc(F)c(F)c(Oc2ccc3ncc(N4CCOCC4)nc3c2)c1)c1ccc(C(F)(F)F)c(Cl)c1. The maximum Gasteiger partial charge on any atom is 0.417 e. The highest BCUT2D eigenvalue weighted by atomic mass is 35.5. The molecular weight excluding hydrogens is 1070 g/mol. The quantitative estimate of drug-likeness (QED) is 0.0987. The van der Waals surface area contributed by atoms with Crippen LogP contribution < -0.4 is 39.9 Å². The molecular formula is C51H36Cl2F8N10O6. The zero-order chi connectivity index (χ0) is 54.1. The highest BCUT2D eigenvalue weighted by Crippen LogP contribution is 2.39. The standard InChI is InChI=1S/C51H36Cl2F8N10O6/c52-34-6-2-30(22-36(34)54)71(50(73)65-28-18-38(56)48(58)44(20-28)77-32-4-8-40-42(24-32)67-46(26-63-40)69-11-15-75-16-12-69)70(29-1-5-33(35(53)21-29)51(59,60)61)49(72)64-27-17-37(55)47(57)43(19-27)76-31-3-7-39-41(23-31)66-45(25-62-39)68-9-13-74-14-10-68/h1-8,17-26H,9-16H2,(H,64,72)(H,65,73). The molecule has 10 rings (SSSR count). The molecule has 0 unspecified atom stereocenters. The zero-order valence-electron chi connectivity index (χ0n) is 39.4. The van der Waals surface area contributed by atoms with Crippen molar-refractivity contribution < 1.29 is 63.7 Å². The van der Waals surface area contributed by atoms with E-state index in [1.807, 2.05) is 9.80 Å². The van der Waals surface area contributed by atoms with E-state index in [0.29, 0.717) is 127 Å². The van der Waals surface area contributed by atoms with E-state index in [4.69, 9.17) is 42.1 Å². The van der Waals surface area contributed by atoms with E-state index in [0.717, 1.165) is 30.3 Å². The van der Waals surface area contributed by atoms with Gasteiger partial charge in [-0.2, -0.15) is 32.0 Å². The number of nitrogens with zero attached hydrogens (tertiary/aromatic N) is 8. The summed E-state index contributed by atoms with van der Waals surface area (Å²) in [7, 11) is 0. The smallest absolute Gasteiger partial charge is 0.417 e. The van der Waals surface area contributed by atoms with Crippen molar-refractivity contribution >= 4 is 91.7 Å². The van der Waals surface area contributed by atoms with Crippen molar-refractivity contribution in [2.75, 3.05) is 83.1 Å². The predicted molar refractivity (Wildman–Crippen MR) is 269 cm³/mol. The van der Waals surface area contributed by atoms with Gasteiger partial charge in [0.25, 0.3) is 0 Å². The number of carbonyl (C=O) groups is 2. The third kappa shape index (κ3) is 11.5. The van der Waals surface area contributed by atoms with Gasteiger partial charge in [0.1, 0.15) is 29.0 Å². The van der Waals surface area contributed by atoms with Gasteiger partial charge in [0, 0.05) is 80.0 Å². The number of nitrogens with one attached hydrogen (secondary N) is 2. The lowest BCUT2D eigenvalue weighted by Gasteiger charge is -2.35. The normalized spacial score (nSPS) is 13.9. The molecule has 2 N–H and O–H groups in total. The first-order chi connectivity index (χ1) is 36.9. The lowest BCUT2D eigenvalue weighted by Crippen LogP contribution is -2.54. The molecule has 26 heteroatoms. The highest BCUT2D eigenvalue weighted by molar-refractivity contribution is 6.32. The van der Waals surface area contributed by atoms with Crippen molar-refractivity contribution in [1.29, 1.82) is 0 Å². The number of amides is 4. The van der Waals surface area contributed by atoms with Crippen LogP contribution in [0.4, 0.5) is 79.1 Å². The van der Waals surface area contributed by atoms with Gasteiger partial charge in [-0.15, -0.1) is 0 Å². The van der Waals surface area contributed by atoms with E-state index in [1.165, 1.54) is 36.4 Å². The van der Waals surface area contributed by atoms with Crippen LogP contribution in [0.3, 0.4) is 0 Å². The number of hydrazine groups is 1. The third-order valence-corrected chi connectivity index (χ3v) is 12.5. The summed E-state index contributed by atoms with van der Waals surface area (Å²) in [6.07, 6.45) is -1.87. The summed E-state index contributed by atoms with van der Waals surface area (Å²) < 4.78 is 142. The number of carbonyl (C=O) groups excluding carboxylic acids is 2. The number of hydrogen-bond acceptors (Lipinski definition) is 12. The molecule has 2 aromatic heterocycles. The minimum absolute atomic E-state index is 0.0385. The second kappa shape index (κ2) is 21.7. The Morgan fingerprint density at radius 3 is 1.44 bits per heavy atom. The summed E-state index contributed by atoms with van der Waals surface area (Å²) in [4.78, 5) is 51.4. The van der Waals surface area contributed by atoms with Crippen molar-refractivity contribution in [3.63, 3.8) is 0 Å². The van der Waals surface area contributed by atoms with E-state index < -0.39 is 97.2 Å². The number of fused-ring (bicyclic) bond motifs is 2. The number of anilines is 6. The third-order valence-electron chi connectivity index (χ3n) is 11.9. The fourth-order valence-corrected chi connectivity index (χ4v) is 8.54. The van der Waals surface area contributed by atoms with Gasteiger partial charge in [-0.3, -0.25) is 9.97 Å². The number of benzene rings is 6. The van der Waals surface area contributed by atoms with E-state index >= 15 is 22.0 Å². The van der Waals surface area contributed by atoms with Crippen LogP contribution in [0.5, 0.6) is 23.0 Å². The van der Waals surface area contributed by atoms with Crippen LogP contribution in [-0.2, 0) is 15.7 Å². The Morgan fingerprint density at radius 1 is 0.545 bits per heavy atom. The van der Waals surface area contributed by atoms with Gasteiger partial charge >= 0.3 is 18.2 Å². The molecule has 0 radical (unpaired) electrons. The van der Waals surface area contributed by atoms with Gasteiger partial charge in [0.2, 0.25) is 11.6 Å². The molecule has 0 bridgehead atoms. The van der Waals surface area contributed by atoms with E-state index in [9.17, 15) is 22.8 Å². The summed E-state index contributed by atoms with van der Waals surface area (Å²) in [6, 6.07) is 12.9. The number of urea groups is 2. The highest BCUT2D eigenvalue weighted by Gasteiger charge is 2.36. The van der Waals surface area contributed by atoms with E-state index in [1.54, 1.807) is 12.4 Å². The Hall–Kier alpha value is -8.32. The van der Waals surface area contributed by atoms with Gasteiger partial charge in [0.15, 0.2) is 23.1 Å². The van der Waals surface area contributed by atoms with Crippen LogP contribution in [-0.4, -0.2) is 84.6 Å². The second-order valence-electron chi connectivity index (χ2n) is 16.9. The molecule has 2 saturated heterocycles. The molecule has 0 spiro atoms. The molecule has 0 atom stereocenters. The van der Waals surface area contributed by atoms with Gasteiger partial charge in [-0.1, -0.05) is 23.2 Å². The lowest BCUT2D eigenvalue weighted by molar-refractivity contribution is -0.137. The molecule has 77 heavy (non-hydrogen) atoms. The van der Waals surface area contributed by atoms with Crippen molar-refractivity contribution in [2.24, 2.45) is 0 Å². The van der Waals surface area contributed by atoms with Crippen molar-refractivity contribution in [2.45, 2.75) is 6.18 Å². The van der Waals surface area contributed by atoms with Crippen molar-refractivity contribution in [3.8, 4) is 23.0 Å². The lowest BCUT2D eigenvalue weighted by atomic mass is 10.2. The van der Waals surface area contributed by atoms with Gasteiger partial charge in [0.05, 0.1) is 87.9 Å². The fourth-order valence-electron chi connectivity index (χ4n) is 8.14. The van der Waals surface area contributed by atoms with Crippen molar-refractivity contribution in [1.82, 2.24) is 19.9 Å². The molecule has 396 valence electrons. The summed E-state index contributed by atoms with van der Waals surface area (Å²) in [5.41, 5.74) is -2.11. The number of alkyl halides is 3. The number of aromatic nitrogens is 4. The van der Waals surface area contributed by atoms with Gasteiger partial charge in [-0.05, 0) is 54.6 Å². The Labute approximate surface area is 440 Å². The Kier molecular flexibility index (Phi) is 14.7. The largest absolute Gasteiger partial charge is 0.454 e. The molecule has 0 saturated carbocycles. The zero-order valence-corrected chi connectivity index (χ0v) is 40.9. The van der Waals surface area contributed by atoms with Crippen LogP contribution in [0, 0.1) is 29.1 Å². The van der Waals surface area contributed by atoms with Gasteiger partial charge < -0.3 is 39.4 Å². The minimum Gasteiger partial charge on any atom is -0.454 e. The summed E-state index contributed by atoms with van der Waals surface area (Å²) >= 11 is 12.1. The fraction of sp³-hybridized carbons (Fsp3) is 0.176. The van der Waals surface area contributed by atoms with E-state index in [-0.39, 0.29) is 11.5 Å². The molecule has 6 aromatic carbocycles. The molecule has 2 fully saturated rings. The summed E-state index contributed by atoms with van der Waals surface area (Å²) in [5, 5.41) is 3.78. The maximum absolute atomic E-state index is 15.6. The summed E-state index contributed by atoms with van der Waals surface area (Å²) in [6.45, 7) is 4.09. The molecule has 2 aliphatic rings. The van der Waals surface area contributed by atoms with E-state index in [2.05, 4.69) is 30.6 Å². The second-order valence-corrected chi connectivity index (χ2v) is 17.8. The minimum atomic E-state index is -5.03.